The van der Waals surface area contributed by atoms with Gasteiger partial charge in [0.2, 0.25) is 5.95 Å². The molecule has 4 aromatic rings. The van der Waals surface area contributed by atoms with Crippen LogP contribution in [0.4, 0.5) is 21.8 Å². The number of amides is 1. The number of carbonyl (C=O) groups is 1. The second-order valence-electron chi connectivity index (χ2n) is 7.79. The molecule has 4 rings (SSSR count). The zero-order valence-electron chi connectivity index (χ0n) is 18.7. The molecule has 0 radical (unpaired) electrons. The number of aromatic nitrogens is 2. The molecule has 0 fully saturated rings. The number of anilines is 3. The molecule has 3 N–H and O–H groups in total. The number of benzene rings is 3. The summed E-state index contributed by atoms with van der Waals surface area (Å²) < 4.78 is 13.0. The Hall–Kier alpha value is -3.75. The van der Waals surface area contributed by atoms with E-state index in [4.69, 9.17) is 0 Å². The van der Waals surface area contributed by atoms with Gasteiger partial charge in [-0.2, -0.15) is 4.98 Å². The van der Waals surface area contributed by atoms with Crippen LogP contribution in [-0.4, -0.2) is 35.1 Å². The van der Waals surface area contributed by atoms with Crippen LogP contribution in [-0.2, 0) is 13.2 Å². The molecule has 1 amide bonds. The van der Waals surface area contributed by atoms with E-state index >= 15 is 0 Å². The SMILES string of the molecule is CN(C)c1nc(NCc2ccc(NC(=O)c3ccc(F)cc3)cc2)c2ccc(CO)cc2n1.Cl. The van der Waals surface area contributed by atoms with E-state index in [9.17, 15) is 14.3 Å². The maximum atomic E-state index is 13.0. The Kier molecular flexibility index (Phi) is 7.99. The Labute approximate surface area is 203 Å². The summed E-state index contributed by atoms with van der Waals surface area (Å²) >= 11 is 0. The van der Waals surface area contributed by atoms with Crippen molar-refractivity contribution >= 4 is 46.7 Å². The minimum Gasteiger partial charge on any atom is -0.392 e. The Balaban J connectivity index is 0.00000324. The van der Waals surface area contributed by atoms with Gasteiger partial charge in [-0.05, 0) is 59.7 Å². The summed E-state index contributed by atoms with van der Waals surface area (Å²) in [5.74, 6) is 0.582. The minimum absolute atomic E-state index is 0. The lowest BCUT2D eigenvalue weighted by Crippen LogP contribution is -2.14. The van der Waals surface area contributed by atoms with Crippen LogP contribution in [0, 0.1) is 5.82 Å². The molecule has 7 nitrogen and oxygen atoms in total. The molecule has 3 aromatic carbocycles. The normalized spacial score (nSPS) is 10.5. The summed E-state index contributed by atoms with van der Waals surface area (Å²) in [6.45, 7) is 0.469. The van der Waals surface area contributed by atoms with Crippen molar-refractivity contribution in [3.05, 3.63) is 89.2 Å². The molecule has 34 heavy (non-hydrogen) atoms. The lowest BCUT2D eigenvalue weighted by Gasteiger charge is -2.15. The molecular weight excluding hydrogens is 457 g/mol. The molecule has 9 heteroatoms. The van der Waals surface area contributed by atoms with E-state index in [1.54, 1.807) is 0 Å². The van der Waals surface area contributed by atoms with Crippen LogP contribution in [0.15, 0.2) is 66.7 Å². The average molecular weight is 482 g/mol. The summed E-state index contributed by atoms with van der Waals surface area (Å²) in [5.41, 5.74) is 3.57. The van der Waals surface area contributed by atoms with E-state index in [1.807, 2.05) is 61.5 Å². The van der Waals surface area contributed by atoms with Gasteiger partial charge in [-0.25, -0.2) is 9.37 Å². The maximum absolute atomic E-state index is 13.0. The maximum Gasteiger partial charge on any atom is 0.255 e. The van der Waals surface area contributed by atoms with Crippen LogP contribution in [0.1, 0.15) is 21.5 Å². The van der Waals surface area contributed by atoms with Gasteiger partial charge in [0, 0.05) is 37.3 Å². The smallest absolute Gasteiger partial charge is 0.255 e. The molecule has 1 aromatic heterocycles. The summed E-state index contributed by atoms with van der Waals surface area (Å²) in [5, 5.41) is 16.5. The molecule has 0 spiro atoms. The van der Waals surface area contributed by atoms with Crippen LogP contribution in [0.5, 0.6) is 0 Å². The van der Waals surface area contributed by atoms with Crippen LogP contribution >= 0.6 is 12.4 Å². The van der Waals surface area contributed by atoms with Gasteiger partial charge >= 0.3 is 0 Å². The highest BCUT2D eigenvalue weighted by Gasteiger charge is 2.11. The summed E-state index contributed by atoms with van der Waals surface area (Å²) in [6.07, 6.45) is 0. The first-order valence-electron chi connectivity index (χ1n) is 10.4. The molecule has 0 atom stereocenters. The molecule has 0 saturated carbocycles. The van der Waals surface area contributed by atoms with E-state index in [2.05, 4.69) is 20.6 Å². The molecule has 0 aliphatic carbocycles. The van der Waals surface area contributed by atoms with E-state index in [-0.39, 0.29) is 30.7 Å². The number of rotatable bonds is 7. The first-order valence-corrected chi connectivity index (χ1v) is 10.4. The van der Waals surface area contributed by atoms with Crippen molar-refractivity contribution < 1.29 is 14.3 Å². The first-order chi connectivity index (χ1) is 15.9. The highest BCUT2D eigenvalue weighted by Crippen LogP contribution is 2.25. The van der Waals surface area contributed by atoms with E-state index in [0.717, 1.165) is 22.0 Å². The van der Waals surface area contributed by atoms with Gasteiger partial charge in [0.05, 0.1) is 12.1 Å². The molecule has 1 heterocycles. The first kappa shape index (κ1) is 24.9. The fraction of sp³-hybridized carbons (Fsp3) is 0.160. The Morgan fingerprint density at radius 3 is 2.29 bits per heavy atom. The second-order valence-corrected chi connectivity index (χ2v) is 7.79. The third kappa shape index (κ3) is 5.78. The quantitative estimate of drug-likeness (QED) is 0.357. The van der Waals surface area contributed by atoms with Crippen molar-refractivity contribution in [2.45, 2.75) is 13.2 Å². The van der Waals surface area contributed by atoms with Crippen LogP contribution in [0.2, 0.25) is 0 Å². The highest BCUT2D eigenvalue weighted by atomic mass is 35.5. The van der Waals surface area contributed by atoms with Gasteiger partial charge in [-0.3, -0.25) is 4.79 Å². The van der Waals surface area contributed by atoms with Gasteiger partial charge in [0.15, 0.2) is 0 Å². The van der Waals surface area contributed by atoms with Crippen molar-refractivity contribution in [1.82, 2.24) is 9.97 Å². The van der Waals surface area contributed by atoms with Gasteiger partial charge in [-0.1, -0.05) is 18.2 Å². The van der Waals surface area contributed by atoms with Gasteiger partial charge in [-0.15, -0.1) is 12.4 Å². The number of fused-ring (bicyclic) bond motifs is 1. The van der Waals surface area contributed by atoms with Crippen molar-refractivity contribution in [1.29, 1.82) is 0 Å². The van der Waals surface area contributed by atoms with Gasteiger partial charge in [0.1, 0.15) is 11.6 Å². The van der Waals surface area contributed by atoms with E-state index in [1.165, 1.54) is 24.3 Å². The van der Waals surface area contributed by atoms with Gasteiger partial charge in [0.25, 0.3) is 5.91 Å². The predicted molar refractivity (Wildman–Crippen MR) is 135 cm³/mol. The molecule has 0 aliphatic rings. The van der Waals surface area contributed by atoms with Crippen LogP contribution < -0.4 is 15.5 Å². The van der Waals surface area contributed by atoms with E-state index < -0.39 is 0 Å². The molecule has 0 unspecified atom stereocenters. The standard InChI is InChI=1S/C25H24FN5O2.ClH/c1-31(2)25-29-22-13-17(15-32)5-12-21(22)23(30-25)27-14-16-3-10-20(11-4-16)28-24(33)18-6-8-19(26)9-7-18;/h3-13,32H,14-15H2,1-2H3,(H,28,33)(H,27,29,30);1H. The average Bonchev–Trinajstić information content (AvgIpc) is 2.83. The Morgan fingerprint density at radius 2 is 1.65 bits per heavy atom. The lowest BCUT2D eigenvalue weighted by molar-refractivity contribution is 0.102. The minimum atomic E-state index is -0.383. The Bertz CT molecular complexity index is 1280. The number of hydrogen-bond donors (Lipinski definition) is 3. The van der Waals surface area contributed by atoms with Crippen molar-refractivity contribution in [3.63, 3.8) is 0 Å². The number of nitrogens with one attached hydrogen (secondary N) is 2. The molecular formula is C25H25ClFN5O2. The number of nitrogens with zero attached hydrogens (tertiary/aromatic N) is 3. The Morgan fingerprint density at radius 1 is 0.971 bits per heavy atom. The molecule has 176 valence electrons. The molecule has 0 saturated heterocycles. The summed E-state index contributed by atoms with van der Waals surface area (Å²) in [7, 11) is 3.75. The number of hydrogen-bond acceptors (Lipinski definition) is 6. The third-order valence-electron chi connectivity index (χ3n) is 5.11. The fourth-order valence-corrected chi connectivity index (χ4v) is 3.29. The predicted octanol–water partition coefficient (Wildman–Crippen LogP) is 4.61. The number of halogens is 2. The molecule has 0 aliphatic heterocycles. The number of carbonyl (C=O) groups excluding carboxylic acids is 1. The van der Waals surface area contributed by atoms with Crippen molar-refractivity contribution in [2.75, 3.05) is 29.6 Å². The second kappa shape index (κ2) is 10.9. The summed E-state index contributed by atoms with van der Waals surface area (Å²) in [4.78, 5) is 23.3. The van der Waals surface area contributed by atoms with Crippen LogP contribution in [0.3, 0.4) is 0 Å². The van der Waals surface area contributed by atoms with E-state index in [0.29, 0.717) is 29.6 Å². The molecule has 0 bridgehead atoms. The number of aliphatic hydroxyl groups is 1. The van der Waals surface area contributed by atoms with Gasteiger partial charge < -0.3 is 20.6 Å². The highest BCUT2D eigenvalue weighted by molar-refractivity contribution is 6.04. The van der Waals surface area contributed by atoms with Crippen molar-refractivity contribution in [2.24, 2.45) is 0 Å². The third-order valence-corrected chi connectivity index (χ3v) is 5.11. The largest absolute Gasteiger partial charge is 0.392 e. The lowest BCUT2D eigenvalue weighted by atomic mass is 10.1. The topological polar surface area (TPSA) is 90.4 Å². The monoisotopic (exact) mass is 481 g/mol. The summed E-state index contributed by atoms with van der Waals surface area (Å²) in [6, 6.07) is 18.5. The zero-order valence-corrected chi connectivity index (χ0v) is 19.6. The van der Waals surface area contributed by atoms with Crippen molar-refractivity contribution in [3.8, 4) is 0 Å². The van der Waals surface area contributed by atoms with Crippen LogP contribution in [0.25, 0.3) is 10.9 Å². The number of aliphatic hydroxyl groups excluding tert-OH is 1. The zero-order chi connectivity index (χ0) is 23.4. The fourth-order valence-electron chi connectivity index (χ4n) is 3.29.